The van der Waals surface area contributed by atoms with Crippen LogP contribution in [0, 0.1) is 5.82 Å². The predicted octanol–water partition coefficient (Wildman–Crippen LogP) is 5.82. The summed E-state index contributed by atoms with van der Waals surface area (Å²) in [6.45, 7) is 5.54. The maximum absolute atomic E-state index is 13.7. The topological polar surface area (TPSA) is 20.3 Å². The van der Waals surface area contributed by atoms with Gasteiger partial charge in [-0.05, 0) is 25.5 Å². The zero-order chi connectivity index (χ0) is 16.9. The molecule has 0 spiro atoms. The monoisotopic (exact) mass is 321 g/mol. The van der Waals surface area contributed by atoms with E-state index < -0.39 is 5.82 Å². The number of carbonyl (C=O) groups excluding carboxylic acids is 1. The highest BCUT2D eigenvalue weighted by Crippen LogP contribution is 2.13. The van der Waals surface area contributed by atoms with Gasteiger partial charge < -0.3 is 4.90 Å². The average molecular weight is 321 g/mol. The first-order chi connectivity index (χ1) is 11.2. The van der Waals surface area contributed by atoms with Crippen molar-refractivity contribution < 1.29 is 9.18 Å². The number of unbranched alkanes of at least 4 members (excludes halogenated alkanes) is 8. The molecule has 1 amide bonds. The fraction of sp³-hybridized carbons (Fsp3) is 0.650. The first-order valence-corrected chi connectivity index (χ1v) is 9.24. The molecular formula is C20H32FNO. The second kappa shape index (κ2) is 12.1. The fourth-order valence-electron chi connectivity index (χ4n) is 2.82. The fourth-order valence-corrected chi connectivity index (χ4v) is 2.82. The third-order valence-electron chi connectivity index (χ3n) is 4.30. The van der Waals surface area contributed by atoms with Crippen molar-refractivity contribution in [1.82, 2.24) is 4.90 Å². The molecule has 0 bridgehead atoms. The number of carbonyl (C=O) groups is 1. The highest BCUT2D eigenvalue weighted by Gasteiger charge is 2.16. The van der Waals surface area contributed by atoms with Crippen LogP contribution in [-0.2, 0) is 0 Å². The van der Waals surface area contributed by atoms with Gasteiger partial charge >= 0.3 is 0 Å². The van der Waals surface area contributed by atoms with Gasteiger partial charge in [-0.15, -0.1) is 0 Å². The van der Waals surface area contributed by atoms with E-state index in [4.69, 9.17) is 0 Å². The standard InChI is InChI=1S/C20H32FNO/c1-3-5-6-7-8-9-10-11-14-17-22(4-2)20(23)18-15-12-13-16-19(18)21/h12-13,15-16H,3-11,14,17H2,1-2H3. The molecule has 0 aliphatic rings. The van der Waals surface area contributed by atoms with Crippen LogP contribution in [0.25, 0.3) is 0 Å². The maximum atomic E-state index is 13.7. The molecule has 0 saturated heterocycles. The predicted molar refractivity (Wildman–Crippen MR) is 95.2 cm³/mol. The SMILES string of the molecule is CCCCCCCCCCCN(CC)C(=O)c1ccccc1F. The van der Waals surface area contributed by atoms with E-state index in [0.717, 1.165) is 19.4 Å². The van der Waals surface area contributed by atoms with Gasteiger partial charge in [-0.25, -0.2) is 4.39 Å². The highest BCUT2D eigenvalue weighted by molar-refractivity contribution is 5.94. The number of hydrogen-bond donors (Lipinski definition) is 0. The molecule has 0 N–H and O–H groups in total. The zero-order valence-electron chi connectivity index (χ0n) is 14.8. The van der Waals surface area contributed by atoms with Crippen LogP contribution in [0.5, 0.6) is 0 Å². The third kappa shape index (κ3) is 7.62. The van der Waals surface area contributed by atoms with Crippen LogP contribution in [0.15, 0.2) is 24.3 Å². The number of benzene rings is 1. The summed E-state index contributed by atoms with van der Waals surface area (Å²) in [6, 6.07) is 6.24. The minimum absolute atomic E-state index is 0.185. The van der Waals surface area contributed by atoms with E-state index in [1.54, 1.807) is 23.1 Å². The lowest BCUT2D eigenvalue weighted by molar-refractivity contribution is 0.0756. The van der Waals surface area contributed by atoms with Crippen molar-refractivity contribution in [2.75, 3.05) is 13.1 Å². The summed E-state index contributed by atoms with van der Waals surface area (Å²) in [7, 11) is 0. The Morgan fingerprint density at radius 3 is 2.04 bits per heavy atom. The van der Waals surface area contributed by atoms with Crippen molar-refractivity contribution in [3.63, 3.8) is 0 Å². The number of hydrogen-bond acceptors (Lipinski definition) is 1. The van der Waals surface area contributed by atoms with Gasteiger partial charge in [0.2, 0.25) is 0 Å². The Labute approximate surface area is 141 Å². The lowest BCUT2D eigenvalue weighted by Crippen LogP contribution is -2.32. The Morgan fingerprint density at radius 2 is 1.48 bits per heavy atom. The van der Waals surface area contributed by atoms with Crippen molar-refractivity contribution in [1.29, 1.82) is 0 Å². The smallest absolute Gasteiger partial charge is 0.256 e. The van der Waals surface area contributed by atoms with Crippen LogP contribution in [0.2, 0.25) is 0 Å². The highest BCUT2D eigenvalue weighted by atomic mass is 19.1. The van der Waals surface area contributed by atoms with Crippen LogP contribution < -0.4 is 0 Å². The van der Waals surface area contributed by atoms with Gasteiger partial charge in [-0.3, -0.25) is 4.79 Å². The van der Waals surface area contributed by atoms with Crippen LogP contribution >= 0.6 is 0 Å². The van der Waals surface area contributed by atoms with E-state index >= 15 is 0 Å². The first-order valence-electron chi connectivity index (χ1n) is 9.24. The molecule has 3 heteroatoms. The summed E-state index contributed by atoms with van der Waals surface area (Å²) in [5, 5.41) is 0. The summed E-state index contributed by atoms with van der Waals surface area (Å²) >= 11 is 0. The molecule has 2 nitrogen and oxygen atoms in total. The van der Waals surface area contributed by atoms with E-state index in [1.807, 2.05) is 6.92 Å². The van der Waals surface area contributed by atoms with Crippen molar-refractivity contribution >= 4 is 5.91 Å². The Kier molecular flexibility index (Phi) is 10.3. The number of rotatable bonds is 12. The Balaban J connectivity index is 2.22. The maximum Gasteiger partial charge on any atom is 0.256 e. The molecule has 1 aromatic rings. The van der Waals surface area contributed by atoms with Gasteiger partial charge in [0.05, 0.1) is 5.56 Å². The summed E-state index contributed by atoms with van der Waals surface area (Å²) in [6.07, 6.45) is 11.3. The molecule has 1 aromatic carbocycles. The largest absolute Gasteiger partial charge is 0.339 e. The minimum Gasteiger partial charge on any atom is -0.339 e. The van der Waals surface area contributed by atoms with Crippen molar-refractivity contribution in [2.45, 2.75) is 71.6 Å². The van der Waals surface area contributed by atoms with Crippen LogP contribution in [0.1, 0.15) is 82.0 Å². The number of halogens is 1. The normalized spacial score (nSPS) is 10.7. The molecule has 0 heterocycles. The lowest BCUT2D eigenvalue weighted by Gasteiger charge is -2.21. The summed E-state index contributed by atoms with van der Waals surface area (Å²) in [4.78, 5) is 14.1. The van der Waals surface area contributed by atoms with Crippen LogP contribution in [-0.4, -0.2) is 23.9 Å². The lowest BCUT2D eigenvalue weighted by atomic mass is 10.1. The Bertz CT molecular complexity index is 447. The van der Waals surface area contributed by atoms with Gasteiger partial charge in [-0.1, -0.05) is 70.4 Å². The van der Waals surface area contributed by atoms with Crippen LogP contribution in [0.4, 0.5) is 4.39 Å². The van der Waals surface area contributed by atoms with Gasteiger partial charge in [0.1, 0.15) is 5.82 Å². The number of nitrogens with zero attached hydrogens (tertiary/aromatic N) is 1. The van der Waals surface area contributed by atoms with Gasteiger partial charge in [0.25, 0.3) is 5.91 Å². The van der Waals surface area contributed by atoms with Crippen molar-refractivity contribution in [2.24, 2.45) is 0 Å². The summed E-state index contributed by atoms with van der Waals surface area (Å²) < 4.78 is 13.7. The van der Waals surface area contributed by atoms with Crippen LogP contribution in [0.3, 0.4) is 0 Å². The zero-order valence-corrected chi connectivity index (χ0v) is 14.8. The molecule has 23 heavy (non-hydrogen) atoms. The Morgan fingerprint density at radius 1 is 0.913 bits per heavy atom. The second-order valence-corrected chi connectivity index (χ2v) is 6.19. The molecule has 0 aromatic heterocycles. The van der Waals surface area contributed by atoms with Gasteiger partial charge in [0.15, 0.2) is 0 Å². The molecule has 0 aliphatic heterocycles. The molecule has 0 fully saturated rings. The van der Waals surface area contributed by atoms with Gasteiger partial charge in [-0.2, -0.15) is 0 Å². The molecular weight excluding hydrogens is 289 g/mol. The van der Waals surface area contributed by atoms with Crippen molar-refractivity contribution in [3.8, 4) is 0 Å². The Hall–Kier alpha value is -1.38. The first kappa shape index (κ1) is 19.7. The molecule has 1 rings (SSSR count). The van der Waals surface area contributed by atoms with E-state index in [1.165, 1.54) is 51.0 Å². The summed E-state index contributed by atoms with van der Waals surface area (Å²) in [5.74, 6) is -0.617. The quantitative estimate of drug-likeness (QED) is 0.444. The van der Waals surface area contributed by atoms with E-state index in [0.29, 0.717) is 6.54 Å². The van der Waals surface area contributed by atoms with E-state index in [-0.39, 0.29) is 11.5 Å². The van der Waals surface area contributed by atoms with Gasteiger partial charge in [0, 0.05) is 13.1 Å². The summed E-state index contributed by atoms with van der Waals surface area (Å²) in [5.41, 5.74) is 0.185. The molecule has 0 radical (unpaired) electrons. The number of amides is 1. The molecule has 0 saturated carbocycles. The molecule has 0 aliphatic carbocycles. The average Bonchev–Trinajstić information content (AvgIpc) is 2.56. The van der Waals surface area contributed by atoms with Crippen molar-refractivity contribution in [3.05, 3.63) is 35.6 Å². The second-order valence-electron chi connectivity index (χ2n) is 6.19. The van der Waals surface area contributed by atoms with E-state index in [2.05, 4.69) is 6.92 Å². The molecule has 130 valence electrons. The third-order valence-corrected chi connectivity index (χ3v) is 4.30. The molecule has 0 unspecified atom stereocenters. The molecule has 0 atom stereocenters. The van der Waals surface area contributed by atoms with E-state index in [9.17, 15) is 9.18 Å². The minimum atomic E-state index is -0.428.